The first-order chi connectivity index (χ1) is 15.7. The SMILES string of the molecule is O=C(/C=C/c1cn(-c2ccccc2)nc1-c1cccs1)Nc1ccc2c(c1)C(=O)CCC2. The molecule has 5 rings (SSSR count). The predicted octanol–water partition coefficient (Wildman–Crippen LogP) is 5.77. The maximum Gasteiger partial charge on any atom is 0.248 e. The van der Waals surface area contributed by atoms with Crippen molar-refractivity contribution in [1.82, 2.24) is 9.78 Å². The van der Waals surface area contributed by atoms with Gasteiger partial charge in [0.05, 0.1) is 10.6 Å². The van der Waals surface area contributed by atoms with Crippen molar-refractivity contribution < 1.29 is 9.59 Å². The lowest BCUT2D eigenvalue weighted by atomic mass is 9.90. The van der Waals surface area contributed by atoms with Crippen molar-refractivity contribution in [2.45, 2.75) is 19.3 Å². The summed E-state index contributed by atoms with van der Waals surface area (Å²) in [5.41, 5.74) is 5.05. The van der Waals surface area contributed by atoms with Crippen LogP contribution in [0.3, 0.4) is 0 Å². The van der Waals surface area contributed by atoms with Crippen molar-refractivity contribution in [3.05, 3.63) is 95.0 Å². The van der Waals surface area contributed by atoms with E-state index in [2.05, 4.69) is 5.32 Å². The zero-order valence-electron chi connectivity index (χ0n) is 17.3. The summed E-state index contributed by atoms with van der Waals surface area (Å²) in [4.78, 5) is 25.8. The van der Waals surface area contributed by atoms with E-state index in [1.807, 2.05) is 70.9 Å². The molecule has 0 radical (unpaired) electrons. The number of hydrogen-bond donors (Lipinski definition) is 1. The molecular weight excluding hydrogens is 418 g/mol. The Kier molecular flexibility index (Phi) is 5.52. The Hall–Kier alpha value is -3.77. The Bertz CT molecular complexity index is 1300. The van der Waals surface area contributed by atoms with Gasteiger partial charge in [-0.2, -0.15) is 5.10 Å². The Labute approximate surface area is 190 Å². The molecule has 158 valence electrons. The highest BCUT2D eigenvalue weighted by Crippen LogP contribution is 2.29. The minimum Gasteiger partial charge on any atom is -0.322 e. The number of amides is 1. The van der Waals surface area contributed by atoms with Crippen LogP contribution in [0.15, 0.2) is 78.3 Å². The first kappa shape index (κ1) is 20.2. The Morgan fingerprint density at radius 2 is 1.94 bits per heavy atom. The Morgan fingerprint density at radius 3 is 2.75 bits per heavy atom. The summed E-state index contributed by atoms with van der Waals surface area (Å²) < 4.78 is 1.82. The van der Waals surface area contributed by atoms with Gasteiger partial charge in [0.15, 0.2) is 5.78 Å². The quantitative estimate of drug-likeness (QED) is 0.402. The van der Waals surface area contributed by atoms with Gasteiger partial charge in [-0.15, -0.1) is 11.3 Å². The molecule has 32 heavy (non-hydrogen) atoms. The van der Waals surface area contributed by atoms with Gasteiger partial charge >= 0.3 is 0 Å². The zero-order valence-corrected chi connectivity index (χ0v) is 18.1. The van der Waals surface area contributed by atoms with Crippen LogP contribution < -0.4 is 5.32 Å². The molecule has 6 heteroatoms. The fourth-order valence-corrected chi connectivity index (χ4v) is 4.61. The molecule has 0 atom stereocenters. The third-order valence-corrected chi connectivity index (χ3v) is 6.34. The van der Waals surface area contributed by atoms with E-state index in [4.69, 9.17) is 5.10 Å². The molecule has 2 heterocycles. The van der Waals surface area contributed by atoms with Crippen LogP contribution in [0.25, 0.3) is 22.3 Å². The number of benzene rings is 2. The van der Waals surface area contributed by atoms with E-state index in [9.17, 15) is 9.59 Å². The summed E-state index contributed by atoms with van der Waals surface area (Å²) in [7, 11) is 0. The predicted molar refractivity (Wildman–Crippen MR) is 128 cm³/mol. The number of hydrogen-bond acceptors (Lipinski definition) is 4. The number of aromatic nitrogens is 2. The maximum absolute atomic E-state index is 12.6. The number of para-hydroxylation sites is 1. The van der Waals surface area contributed by atoms with Crippen LogP contribution in [0, 0.1) is 0 Å². The molecule has 1 aliphatic carbocycles. The third kappa shape index (κ3) is 4.18. The van der Waals surface area contributed by atoms with Crippen LogP contribution in [-0.4, -0.2) is 21.5 Å². The topological polar surface area (TPSA) is 64.0 Å². The molecule has 1 amide bonds. The molecule has 0 saturated heterocycles. The highest BCUT2D eigenvalue weighted by molar-refractivity contribution is 7.13. The average molecular weight is 440 g/mol. The van der Waals surface area contributed by atoms with Crippen LogP contribution in [0.4, 0.5) is 5.69 Å². The molecule has 0 fully saturated rings. The smallest absolute Gasteiger partial charge is 0.248 e. The monoisotopic (exact) mass is 439 g/mol. The third-order valence-electron chi connectivity index (χ3n) is 5.46. The van der Waals surface area contributed by atoms with Crippen molar-refractivity contribution in [2.75, 3.05) is 5.32 Å². The highest BCUT2D eigenvalue weighted by atomic mass is 32.1. The van der Waals surface area contributed by atoms with Crippen LogP contribution in [-0.2, 0) is 11.2 Å². The summed E-state index contributed by atoms with van der Waals surface area (Å²) in [6.45, 7) is 0. The molecule has 1 aliphatic rings. The minimum absolute atomic E-state index is 0.145. The van der Waals surface area contributed by atoms with Crippen molar-refractivity contribution in [1.29, 1.82) is 0 Å². The standard InChI is InChI=1S/C26H21N3O2S/c30-23-9-4-6-18-11-13-20(16-22(18)23)27-25(31)14-12-19-17-29(21-7-2-1-3-8-21)28-26(19)24-10-5-15-32-24/h1-3,5,7-8,10-17H,4,6,9H2,(H,27,31)/b14-12+. The lowest BCUT2D eigenvalue weighted by Gasteiger charge is -2.15. The second kappa shape index (κ2) is 8.77. The number of carbonyl (C=O) groups is 2. The molecule has 4 aromatic rings. The van der Waals surface area contributed by atoms with Gasteiger partial charge in [-0.25, -0.2) is 4.68 Å². The molecular formula is C26H21N3O2S. The minimum atomic E-state index is -0.252. The van der Waals surface area contributed by atoms with Gasteiger partial charge in [0, 0.05) is 35.5 Å². The number of nitrogens with zero attached hydrogens (tertiary/aromatic N) is 2. The van der Waals surface area contributed by atoms with Gasteiger partial charge in [-0.1, -0.05) is 30.3 Å². The summed E-state index contributed by atoms with van der Waals surface area (Å²) in [6.07, 6.45) is 7.58. The largest absolute Gasteiger partial charge is 0.322 e. The molecule has 2 aromatic carbocycles. The van der Waals surface area contributed by atoms with E-state index < -0.39 is 0 Å². The van der Waals surface area contributed by atoms with Crippen LogP contribution in [0.2, 0.25) is 0 Å². The Balaban J connectivity index is 1.39. The summed E-state index contributed by atoms with van der Waals surface area (Å²) in [6, 6.07) is 19.5. The molecule has 0 bridgehead atoms. The normalized spacial score (nSPS) is 13.3. The van der Waals surface area contributed by atoms with E-state index in [1.165, 1.54) is 6.08 Å². The second-order valence-electron chi connectivity index (χ2n) is 7.66. The van der Waals surface area contributed by atoms with Gasteiger partial charge in [-0.3, -0.25) is 9.59 Å². The number of carbonyl (C=O) groups excluding carboxylic acids is 2. The van der Waals surface area contributed by atoms with Crippen molar-refractivity contribution in [3.63, 3.8) is 0 Å². The average Bonchev–Trinajstić information content (AvgIpc) is 3.49. The van der Waals surface area contributed by atoms with Crippen LogP contribution in [0.1, 0.15) is 34.3 Å². The number of Topliss-reactive ketones (excluding diaryl/α,β-unsaturated/α-hetero) is 1. The first-order valence-electron chi connectivity index (χ1n) is 10.5. The summed E-state index contributed by atoms with van der Waals surface area (Å²) in [5.74, 6) is -0.107. The van der Waals surface area contributed by atoms with Crippen LogP contribution in [0.5, 0.6) is 0 Å². The molecule has 5 nitrogen and oxygen atoms in total. The number of anilines is 1. The molecule has 0 saturated carbocycles. The van der Waals surface area contributed by atoms with Crippen molar-refractivity contribution >= 4 is 34.8 Å². The van der Waals surface area contributed by atoms with E-state index >= 15 is 0 Å². The van der Waals surface area contributed by atoms with Gasteiger partial charge in [0.2, 0.25) is 5.91 Å². The number of aryl methyl sites for hydroxylation is 1. The molecule has 0 spiro atoms. The van der Waals surface area contributed by atoms with E-state index in [-0.39, 0.29) is 11.7 Å². The van der Waals surface area contributed by atoms with E-state index in [0.717, 1.165) is 45.8 Å². The molecule has 2 aromatic heterocycles. The van der Waals surface area contributed by atoms with E-state index in [1.54, 1.807) is 23.5 Å². The fraction of sp³-hybridized carbons (Fsp3) is 0.115. The number of thiophene rings is 1. The number of ketones is 1. The maximum atomic E-state index is 12.6. The lowest BCUT2D eigenvalue weighted by molar-refractivity contribution is -0.111. The summed E-state index contributed by atoms with van der Waals surface area (Å²) >= 11 is 1.61. The molecule has 0 aliphatic heterocycles. The van der Waals surface area contributed by atoms with Gasteiger partial charge < -0.3 is 5.32 Å². The lowest BCUT2D eigenvalue weighted by Crippen LogP contribution is -2.13. The number of rotatable bonds is 5. The van der Waals surface area contributed by atoms with Gasteiger partial charge in [0.25, 0.3) is 0 Å². The molecule has 0 unspecified atom stereocenters. The second-order valence-corrected chi connectivity index (χ2v) is 8.61. The first-order valence-corrected chi connectivity index (χ1v) is 11.4. The van der Waals surface area contributed by atoms with Crippen LogP contribution >= 0.6 is 11.3 Å². The highest BCUT2D eigenvalue weighted by Gasteiger charge is 2.17. The number of fused-ring (bicyclic) bond motifs is 1. The number of nitrogens with one attached hydrogen (secondary N) is 1. The Morgan fingerprint density at radius 1 is 1.06 bits per heavy atom. The zero-order chi connectivity index (χ0) is 21.9. The van der Waals surface area contributed by atoms with Crippen molar-refractivity contribution in [2.24, 2.45) is 0 Å². The molecule has 1 N–H and O–H groups in total. The summed E-state index contributed by atoms with van der Waals surface area (Å²) in [5, 5.41) is 9.63. The van der Waals surface area contributed by atoms with Crippen molar-refractivity contribution in [3.8, 4) is 16.3 Å². The van der Waals surface area contributed by atoms with E-state index in [0.29, 0.717) is 12.1 Å². The van der Waals surface area contributed by atoms with Gasteiger partial charge in [0.1, 0.15) is 5.69 Å². The fourth-order valence-electron chi connectivity index (χ4n) is 3.88. The van der Waals surface area contributed by atoms with Gasteiger partial charge in [-0.05, 0) is 60.2 Å².